The number of hydrogen-bond donors (Lipinski definition) is 0. The Labute approximate surface area is 451 Å². The van der Waals surface area contributed by atoms with Gasteiger partial charge >= 0.3 is 0 Å². The summed E-state index contributed by atoms with van der Waals surface area (Å²) < 4.78 is 101. The van der Waals surface area contributed by atoms with Crippen LogP contribution in [0.4, 0.5) is 0 Å². The van der Waals surface area contributed by atoms with Crippen LogP contribution in [0.1, 0.15) is 91.7 Å². The molecule has 0 radical (unpaired) electrons. The monoisotopic (exact) mass is 1130 g/mol. The summed E-state index contributed by atoms with van der Waals surface area (Å²) in [6.07, 6.45) is 7.48. The quantitative estimate of drug-likeness (QED) is 0.112. The van der Waals surface area contributed by atoms with Crippen LogP contribution in [0, 0.1) is 18.5 Å². The first-order valence-electron chi connectivity index (χ1n) is 29.0. The van der Waals surface area contributed by atoms with Crippen molar-refractivity contribution in [2.75, 3.05) is 0 Å². The molecule has 0 bridgehead atoms. The van der Waals surface area contributed by atoms with Gasteiger partial charge in [-0.2, -0.15) is 18.2 Å². The van der Waals surface area contributed by atoms with Crippen molar-refractivity contribution < 1.29 is 44.1 Å². The Morgan fingerprint density at radius 3 is 1.99 bits per heavy atom. The minimum Gasteiger partial charge on any atom is -0.510 e. The molecule has 0 spiro atoms. The Hall–Kier alpha value is -7.33. The van der Waals surface area contributed by atoms with Crippen molar-refractivity contribution in [3.05, 3.63) is 223 Å². The number of hydrogen-bond acceptors (Lipinski definition) is 2. The van der Waals surface area contributed by atoms with Gasteiger partial charge in [0.1, 0.15) is 5.82 Å². The molecule has 0 unspecified atom stereocenters. The standard InChI is InChI=1S/C66H56N4O.Pt/c1-64(2,3)48-34-37-67-62(40-48)70-58-27-15-14-24-54(58)55-31-30-51(42-60(55)70)71-50-23-16-22-49(41-50)68-43-69(63-52(44-18-10-8-11-19-44)25-17-26-53(63)45-20-12-9-13-21-45)59-33-29-47(39-61(59)68)46-28-32-56-57(38-46)66(6,7)36-35-65(56,4)5;/h8-34,37-40H,35-36H2,1-7H3;/q-2;/i8D,9D,10D,11D,12D,13D,18D,19D,20D,21D;. The Bertz CT molecular complexity index is 4320. The summed E-state index contributed by atoms with van der Waals surface area (Å²) in [5, 5.41) is 2.02. The van der Waals surface area contributed by atoms with Crippen LogP contribution in [0.15, 0.2) is 188 Å². The van der Waals surface area contributed by atoms with E-state index in [9.17, 15) is 5.48 Å². The number of rotatable bonds is 8. The SMILES string of the molecule is [2H]c1c([2H])c([2H])c(-c2cccc(-c3c([2H])c([2H])c([2H])c([2H])c3[2H])c2-[n+]2[c-]n(-c3[c-]c(Oc4[c-]c5c(cc4)c4ccccc4n5-c4cc(C(C)(C)C)ccn4)ccc3)c3cc(-c4ccc5c(c4)C(C)(C)CCC5(C)C)ccc32)c([2H])c1[2H].[Pt]. The molecule has 358 valence electrons. The van der Waals surface area contributed by atoms with Gasteiger partial charge in [0.15, 0.2) is 0 Å². The summed E-state index contributed by atoms with van der Waals surface area (Å²) in [5.41, 5.74) is 8.98. The van der Waals surface area contributed by atoms with Crippen molar-refractivity contribution >= 4 is 32.8 Å². The van der Waals surface area contributed by atoms with Crippen molar-refractivity contribution in [1.29, 1.82) is 0 Å². The van der Waals surface area contributed by atoms with Crippen LogP contribution in [0.2, 0.25) is 0 Å². The molecule has 0 atom stereocenters. The van der Waals surface area contributed by atoms with Crippen molar-refractivity contribution in [2.24, 2.45) is 0 Å². The molecule has 5 nitrogen and oxygen atoms in total. The number of nitrogens with zero attached hydrogens (tertiary/aromatic N) is 4. The van der Waals surface area contributed by atoms with Gasteiger partial charge in [-0.3, -0.25) is 4.57 Å². The van der Waals surface area contributed by atoms with E-state index >= 15 is 0 Å². The van der Waals surface area contributed by atoms with E-state index in [4.69, 9.17) is 17.9 Å². The normalized spacial score (nSPS) is 16.0. The fourth-order valence-corrected chi connectivity index (χ4v) is 10.3. The maximum Gasteiger partial charge on any atom is 0.268 e. The van der Waals surface area contributed by atoms with Crippen LogP contribution < -0.4 is 9.30 Å². The number of benzene rings is 8. The molecule has 6 heteroatoms. The molecule has 11 aromatic rings. The van der Waals surface area contributed by atoms with Crippen LogP contribution >= 0.6 is 0 Å². The third-order valence-electron chi connectivity index (χ3n) is 14.3. The molecule has 3 aromatic heterocycles. The second-order valence-corrected chi connectivity index (χ2v) is 20.8. The summed E-state index contributed by atoms with van der Waals surface area (Å²) in [4.78, 5) is 4.85. The molecular formula is C66H56N4OPt-2. The van der Waals surface area contributed by atoms with E-state index in [-0.39, 0.29) is 65.3 Å². The first kappa shape index (κ1) is 36.6. The Balaban J connectivity index is 0.00000705. The minimum absolute atomic E-state index is 0. The van der Waals surface area contributed by atoms with E-state index in [0.29, 0.717) is 28.2 Å². The van der Waals surface area contributed by atoms with Gasteiger partial charge in [0, 0.05) is 44.3 Å². The topological polar surface area (TPSA) is 35.9 Å². The summed E-state index contributed by atoms with van der Waals surface area (Å²) >= 11 is 0. The Kier molecular flexibility index (Phi) is 9.17. The predicted octanol–water partition coefficient (Wildman–Crippen LogP) is 16.2. The molecule has 3 heterocycles. The van der Waals surface area contributed by atoms with E-state index in [2.05, 4.69) is 108 Å². The number of pyridine rings is 1. The van der Waals surface area contributed by atoms with Crippen LogP contribution in [0.25, 0.3) is 83.4 Å². The second-order valence-electron chi connectivity index (χ2n) is 20.8. The molecule has 8 aromatic carbocycles. The zero-order valence-corrected chi connectivity index (χ0v) is 43.3. The predicted molar refractivity (Wildman–Crippen MR) is 290 cm³/mol. The van der Waals surface area contributed by atoms with Gasteiger partial charge in [-0.05, 0) is 114 Å². The number of aromatic nitrogens is 4. The van der Waals surface area contributed by atoms with Gasteiger partial charge in [-0.25, -0.2) is 4.98 Å². The smallest absolute Gasteiger partial charge is 0.268 e. The van der Waals surface area contributed by atoms with E-state index in [1.807, 2.05) is 66.9 Å². The molecule has 0 amide bonds. The van der Waals surface area contributed by atoms with E-state index < -0.39 is 60.4 Å². The number of imidazole rings is 1. The zero-order valence-electron chi connectivity index (χ0n) is 51.1. The minimum atomic E-state index is -0.574. The van der Waals surface area contributed by atoms with Crippen molar-refractivity contribution in [2.45, 2.75) is 77.6 Å². The number of fused-ring (bicyclic) bond motifs is 5. The molecule has 0 aliphatic heterocycles. The molecule has 72 heavy (non-hydrogen) atoms. The van der Waals surface area contributed by atoms with Crippen LogP contribution in [-0.2, 0) is 37.3 Å². The number of para-hydroxylation sites is 2. The number of ether oxygens (including phenoxy) is 1. The van der Waals surface area contributed by atoms with Gasteiger partial charge < -0.3 is 13.9 Å². The third kappa shape index (κ3) is 8.28. The van der Waals surface area contributed by atoms with Gasteiger partial charge in [0.05, 0.1) is 30.4 Å². The molecular weight excluding hydrogens is 1060 g/mol. The second kappa shape index (κ2) is 18.1. The Morgan fingerprint density at radius 2 is 1.26 bits per heavy atom. The molecule has 0 fully saturated rings. The van der Waals surface area contributed by atoms with E-state index in [1.165, 1.54) is 11.1 Å². The van der Waals surface area contributed by atoms with Crippen molar-refractivity contribution in [3.63, 3.8) is 0 Å². The van der Waals surface area contributed by atoms with Crippen LogP contribution in [0.5, 0.6) is 11.5 Å². The van der Waals surface area contributed by atoms with Gasteiger partial charge in [-0.15, -0.1) is 29.7 Å². The molecule has 1 aliphatic carbocycles. The van der Waals surface area contributed by atoms with Crippen molar-refractivity contribution in [1.82, 2.24) is 14.1 Å². The summed E-state index contributed by atoms with van der Waals surface area (Å²) in [6.45, 7) is 15.7. The molecule has 0 saturated carbocycles. The molecule has 1 aliphatic rings. The summed E-state index contributed by atoms with van der Waals surface area (Å²) in [6, 6.07) is 41.0. The van der Waals surface area contributed by atoms with Crippen molar-refractivity contribution in [3.8, 4) is 62.1 Å². The fraction of sp³-hybridized carbons (Fsp3) is 0.182. The third-order valence-corrected chi connectivity index (χ3v) is 14.3. The average Bonchev–Trinajstić information content (AvgIpc) is 2.39. The van der Waals surface area contributed by atoms with Gasteiger partial charge in [0.2, 0.25) is 0 Å². The Morgan fingerprint density at radius 1 is 0.611 bits per heavy atom. The molecule has 0 N–H and O–H groups in total. The van der Waals surface area contributed by atoms with E-state index in [1.54, 1.807) is 33.4 Å². The average molecular weight is 1130 g/mol. The van der Waals surface area contributed by atoms with Crippen LogP contribution in [-0.4, -0.2) is 14.1 Å². The van der Waals surface area contributed by atoms with Gasteiger partial charge in [-0.1, -0.05) is 181 Å². The first-order chi connectivity index (χ1) is 38.4. The first-order valence-corrected chi connectivity index (χ1v) is 24.0. The largest absolute Gasteiger partial charge is 0.510 e. The molecule has 12 rings (SSSR count). The van der Waals surface area contributed by atoms with E-state index in [0.717, 1.165) is 57.2 Å². The fourth-order valence-electron chi connectivity index (χ4n) is 10.3. The maximum absolute atomic E-state index is 9.23. The van der Waals surface area contributed by atoms with Gasteiger partial charge in [0.25, 0.3) is 6.33 Å². The maximum atomic E-state index is 9.23. The van der Waals surface area contributed by atoms with Crippen LogP contribution in [0.3, 0.4) is 0 Å². The zero-order chi connectivity index (χ0) is 57.4. The summed E-state index contributed by atoms with van der Waals surface area (Å²) in [5.74, 6) is 1.54. The summed E-state index contributed by atoms with van der Waals surface area (Å²) in [7, 11) is 0. The molecule has 0 saturated heterocycles.